The smallest absolute Gasteiger partial charge is 0.413 e. The highest BCUT2D eigenvalue weighted by Crippen LogP contribution is 2.48. The molecule has 3 aromatic rings. The van der Waals surface area contributed by atoms with Crippen molar-refractivity contribution in [2.24, 2.45) is 0 Å². The van der Waals surface area contributed by atoms with Gasteiger partial charge in [-0.15, -0.1) is 0 Å². The minimum Gasteiger partial charge on any atom is -0.413 e. The highest BCUT2D eigenvalue weighted by molar-refractivity contribution is 7.63. The van der Waals surface area contributed by atoms with Gasteiger partial charge in [0.05, 0.1) is 5.30 Å². The fourth-order valence-corrected chi connectivity index (χ4v) is 4.27. The Morgan fingerprint density at radius 1 is 0.640 bits per heavy atom. The van der Waals surface area contributed by atoms with Gasteiger partial charge in [0.25, 0.3) is 0 Å². The summed E-state index contributed by atoms with van der Waals surface area (Å²) in [5.41, 5.74) is 3.08. The second-order valence-corrected chi connectivity index (χ2v) is 7.93. The van der Waals surface area contributed by atoms with Gasteiger partial charge < -0.3 is 9.05 Å². The maximum absolute atomic E-state index is 13.7. The molecule has 4 heteroatoms. The molecular weight excluding hydrogens is 331 g/mol. The Morgan fingerprint density at radius 2 is 1.08 bits per heavy atom. The molecule has 128 valence electrons. The molecule has 0 aliphatic heterocycles. The van der Waals surface area contributed by atoms with Gasteiger partial charge in [-0.2, -0.15) is 0 Å². The molecule has 25 heavy (non-hydrogen) atoms. The number of hydrogen-bond acceptors (Lipinski definition) is 3. The summed E-state index contributed by atoms with van der Waals surface area (Å²) in [5.74, 6) is 1.04. The third kappa shape index (κ3) is 4.12. The van der Waals surface area contributed by atoms with Crippen LogP contribution in [0.4, 0.5) is 0 Å². The summed E-state index contributed by atoms with van der Waals surface area (Å²) in [6.45, 7) is 5.89. The van der Waals surface area contributed by atoms with E-state index < -0.39 is 7.60 Å². The predicted molar refractivity (Wildman–Crippen MR) is 102 cm³/mol. The minimum atomic E-state index is -3.58. The third-order valence-electron chi connectivity index (χ3n) is 3.90. The van der Waals surface area contributed by atoms with Crippen LogP contribution in [-0.2, 0) is 4.57 Å². The molecule has 3 rings (SSSR count). The van der Waals surface area contributed by atoms with E-state index in [0.717, 1.165) is 16.7 Å². The Hall–Kier alpha value is -2.51. The van der Waals surface area contributed by atoms with Gasteiger partial charge in [-0.3, -0.25) is 0 Å². The van der Waals surface area contributed by atoms with E-state index in [2.05, 4.69) is 0 Å². The monoisotopic (exact) mass is 352 g/mol. The van der Waals surface area contributed by atoms with Crippen LogP contribution in [0.25, 0.3) is 0 Å². The normalized spacial score (nSPS) is 11.2. The molecule has 0 atom stereocenters. The quantitative estimate of drug-likeness (QED) is 0.562. The van der Waals surface area contributed by atoms with Gasteiger partial charge in [-0.1, -0.05) is 53.6 Å². The molecule has 0 spiro atoms. The molecule has 3 aromatic carbocycles. The van der Waals surface area contributed by atoms with Crippen molar-refractivity contribution in [1.82, 2.24) is 0 Å². The van der Waals surface area contributed by atoms with Crippen molar-refractivity contribution in [2.75, 3.05) is 0 Å². The summed E-state index contributed by atoms with van der Waals surface area (Å²) in [4.78, 5) is 0. The van der Waals surface area contributed by atoms with Crippen LogP contribution in [0.5, 0.6) is 11.5 Å². The van der Waals surface area contributed by atoms with Crippen LogP contribution in [-0.4, -0.2) is 0 Å². The molecule has 0 aliphatic carbocycles. The van der Waals surface area contributed by atoms with Gasteiger partial charge in [-0.05, 0) is 56.7 Å². The molecule has 0 unspecified atom stereocenters. The molecular formula is C21H21O3P. The maximum Gasteiger partial charge on any atom is 0.463 e. The summed E-state index contributed by atoms with van der Waals surface area (Å²) in [6, 6.07) is 22.3. The summed E-state index contributed by atoms with van der Waals surface area (Å²) in [7, 11) is -3.58. The standard InChI is InChI=1S/C21H21O3P/c1-16-8-12-19(13-9-16)23-25(22,21-7-5-4-6-18(21)3)24-20-14-10-17(2)11-15-20/h4-15H,1-3H3. The first kappa shape index (κ1) is 17.3. The van der Waals surface area contributed by atoms with Crippen LogP contribution in [0.3, 0.4) is 0 Å². The van der Waals surface area contributed by atoms with Crippen LogP contribution < -0.4 is 14.4 Å². The third-order valence-corrected chi connectivity index (χ3v) is 5.90. The first-order valence-electron chi connectivity index (χ1n) is 8.15. The van der Waals surface area contributed by atoms with Gasteiger partial charge in [0.2, 0.25) is 0 Å². The molecule has 0 amide bonds. The first-order chi connectivity index (χ1) is 12.0. The second kappa shape index (κ2) is 7.16. The van der Waals surface area contributed by atoms with Gasteiger partial charge in [0.15, 0.2) is 0 Å². The lowest BCUT2D eigenvalue weighted by atomic mass is 10.2. The van der Waals surface area contributed by atoms with E-state index in [1.807, 2.05) is 63.2 Å². The van der Waals surface area contributed by atoms with Gasteiger partial charge in [0.1, 0.15) is 11.5 Å². The van der Waals surface area contributed by atoms with Crippen molar-refractivity contribution in [3.05, 3.63) is 89.5 Å². The van der Waals surface area contributed by atoms with Gasteiger partial charge in [-0.25, -0.2) is 4.57 Å². The lowest BCUT2D eigenvalue weighted by Gasteiger charge is -2.21. The number of hydrogen-bond donors (Lipinski definition) is 0. The molecule has 0 fully saturated rings. The van der Waals surface area contributed by atoms with Crippen molar-refractivity contribution in [3.63, 3.8) is 0 Å². The van der Waals surface area contributed by atoms with Crippen LogP contribution in [0.15, 0.2) is 72.8 Å². The molecule has 0 aliphatic rings. The SMILES string of the molecule is Cc1ccc(OP(=O)(Oc2ccc(C)cc2)c2ccccc2C)cc1. The van der Waals surface area contributed by atoms with Crippen LogP contribution in [0.1, 0.15) is 16.7 Å². The van der Waals surface area contributed by atoms with Gasteiger partial charge in [0, 0.05) is 0 Å². The van der Waals surface area contributed by atoms with Crippen LogP contribution >= 0.6 is 7.60 Å². The van der Waals surface area contributed by atoms with E-state index in [9.17, 15) is 4.57 Å². The van der Waals surface area contributed by atoms with E-state index >= 15 is 0 Å². The second-order valence-electron chi connectivity index (χ2n) is 6.09. The zero-order valence-electron chi connectivity index (χ0n) is 14.6. The lowest BCUT2D eigenvalue weighted by molar-refractivity contribution is 0.399. The van der Waals surface area contributed by atoms with Crippen LogP contribution in [0, 0.1) is 20.8 Å². The van der Waals surface area contributed by atoms with E-state index in [0.29, 0.717) is 16.8 Å². The molecule has 3 nitrogen and oxygen atoms in total. The Kier molecular flexibility index (Phi) is 4.96. The molecule has 0 radical (unpaired) electrons. The summed E-state index contributed by atoms with van der Waals surface area (Å²) in [6.07, 6.45) is 0. The van der Waals surface area contributed by atoms with E-state index in [1.54, 1.807) is 30.3 Å². The largest absolute Gasteiger partial charge is 0.463 e. The topological polar surface area (TPSA) is 35.5 Å². The first-order valence-corrected chi connectivity index (χ1v) is 9.69. The highest BCUT2D eigenvalue weighted by Gasteiger charge is 2.32. The Labute approximate surface area is 148 Å². The van der Waals surface area contributed by atoms with E-state index in [-0.39, 0.29) is 0 Å². The minimum absolute atomic E-state index is 0.518. The maximum atomic E-state index is 13.7. The zero-order chi connectivity index (χ0) is 17.9. The fraction of sp³-hybridized carbons (Fsp3) is 0.143. The fourth-order valence-electron chi connectivity index (χ4n) is 2.46. The Bertz CT molecular complexity index is 848. The molecule has 0 saturated heterocycles. The number of rotatable bonds is 5. The summed E-state index contributed by atoms with van der Waals surface area (Å²) in [5, 5.41) is 0.566. The lowest BCUT2D eigenvalue weighted by Crippen LogP contribution is -2.17. The molecule has 0 heterocycles. The molecule has 0 bridgehead atoms. The number of benzene rings is 3. The Morgan fingerprint density at radius 3 is 1.52 bits per heavy atom. The van der Waals surface area contributed by atoms with Crippen molar-refractivity contribution in [1.29, 1.82) is 0 Å². The zero-order valence-corrected chi connectivity index (χ0v) is 15.5. The summed E-state index contributed by atoms with van der Waals surface area (Å²) >= 11 is 0. The number of aryl methyl sites for hydroxylation is 3. The van der Waals surface area contributed by atoms with Crippen molar-refractivity contribution in [3.8, 4) is 11.5 Å². The van der Waals surface area contributed by atoms with Crippen LogP contribution in [0.2, 0.25) is 0 Å². The van der Waals surface area contributed by atoms with Crippen molar-refractivity contribution in [2.45, 2.75) is 20.8 Å². The van der Waals surface area contributed by atoms with Crippen molar-refractivity contribution >= 4 is 12.9 Å². The van der Waals surface area contributed by atoms with Crippen molar-refractivity contribution < 1.29 is 13.6 Å². The predicted octanol–water partition coefficient (Wildman–Crippen LogP) is 5.59. The average molecular weight is 352 g/mol. The van der Waals surface area contributed by atoms with E-state index in [1.165, 1.54) is 0 Å². The van der Waals surface area contributed by atoms with E-state index in [4.69, 9.17) is 9.05 Å². The van der Waals surface area contributed by atoms with Gasteiger partial charge >= 0.3 is 7.60 Å². The molecule has 0 N–H and O–H groups in total. The highest BCUT2D eigenvalue weighted by atomic mass is 31.2. The average Bonchev–Trinajstić information content (AvgIpc) is 2.59. The summed E-state index contributed by atoms with van der Waals surface area (Å²) < 4.78 is 25.5. The Balaban J connectivity index is 2.01. The molecule has 0 saturated carbocycles. The molecule has 0 aromatic heterocycles.